The minimum absolute atomic E-state index is 0.472. The van der Waals surface area contributed by atoms with Gasteiger partial charge in [0.15, 0.2) is 0 Å². The largest absolute Gasteiger partial charge is 0.486 e. The summed E-state index contributed by atoms with van der Waals surface area (Å²) in [5.74, 6) is 1.75. The molecule has 0 saturated carbocycles. The molecular formula is C16H21NO2. The van der Waals surface area contributed by atoms with E-state index in [4.69, 9.17) is 9.15 Å². The van der Waals surface area contributed by atoms with Gasteiger partial charge in [-0.15, -0.1) is 0 Å². The Balaban J connectivity index is 1.89. The summed E-state index contributed by atoms with van der Waals surface area (Å²) >= 11 is 0. The lowest BCUT2D eigenvalue weighted by Crippen LogP contribution is -2.10. The molecule has 0 bridgehead atoms. The van der Waals surface area contributed by atoms with Crippen LogP contribution in [-0.4, -0.2) is 6.54 Å². The number of hydrogen-bond donors (Lipinski definition) is 1. The van der Waals surface area contributed by atoms with Gasteiger partial charge in [0.25, 0.3) is 0 Å². The van der Waals surface area contributed by atoms with E-state index in [1.807, 2.05) is 18.2 Å². The smallest absolute Gasteiger partial charge is 0.146 e. The molecule has 0 fully saturated rings. The molecule has 1 aromatic carbocycles. The van der Waals surface area contributed by atoms with E-state index >= 15 is 0 Å². The highest BCUT2D eigenvalue weighted by Gasteiger charge is 2.03. The Morgan fingerprint density at radius 2 is 2.05 bits per heavy atom. The van der Waals surface area contributed by atoms with Crippen LogP contribution in [0.15, 0.2) is 41.0 Å². The van der Waals surface area contributed by atoms with E-state index in [-0.39, 0.29) is 0 Å². The summed E-state index contributed by atoms with van der Waals surface area (Å²) in [5, 5.41) is 3.27. The van der Waals surface area contributed by atoms with Crippen molar-refractivity contribution in [3.63, 3.8) is 0 Å². The van der Waals surface area contributed by atoms with Crippen LogP contribution in [0, 0.1) is 0 Å². The molecular weight excluding hydrogens is 238 g/mol. The summed E-state index contributed by atoms with van der Waals surface area (Å²) in [5.41, 5.74) is 2.44. The van der Waals surface area contributed by atoms with Gasteiger partial charge in [0.2, 0.25) is 0 Å². The fourth-order valence-electron chi connectivity index (χ4n) is 1.87. The van der Waals surface area contributed by atoms with Crippen molar-refractivity contribution in [1.82, 2.24) is 5.32 Å². The topological polar surface area (TPSA) is 34.4 Å². The molecule has 2 rings (SSSR count). The highest BCUT2D eigenvalue weighted by molar-refractivity contribution is 5.28. The third-order valence-corrected chi connectivity index (χ3v) is 2.97. The van der Waals surface area contributed by atoms with Crippen LogP contribution in [0.25, 0.3) is 0 Å². The SMILES string of the molecule is CCNCc1coc(COc2cccc(CC)c2)c1. The molecule has 0 amide bonds. The van der Waals surface area contributed by atoms with Crippen LogP contribution in [0.3, 0.4) is 0 Å². The average Bonchev–Trinajstić information content (AvgIpc) is 2.91. The van der Waals surface area contributed by atoms with Crippen molar-refractivity contribution in [3.05, 3.63) is 53.5 Å². The Morgan fingerprint density at radius 1 is 1.16 bits per heavy atom. The summed E-state index contributed by atoms with van der Waals surface area (Å²) in [7, 11) is 0. The highest BCUT2D eigenvalue weighted by Crippen LogP contribution is 2.16. The number of hydrogen-bond acceptors (Lipinski definition) is 3. The van der Waals surface area contributed by atoms with E-state index in [1.165, 1.54) is 5.56 Å². The maximum absolute atomic E-state index is 5.74. The normalized spacial score (nSPS) is 10.6. The first-order valence-electron chi connectivity index (χ1n) is 6.80. The number of ether oxygens (including phenoxy) is 1. The molecule has 3 nitrogen and oxygen atoms in total. The molecule has 0 aliphatic rings. The molecule has 0 saturated heterocycles. The Bertz CT molecular complexity index is 505. The van der Waals surface area contributed by atoms with Crippen LogP contribution >= 0.6 is 0 Å². The van der Waals surface area contributed by atoms with E-state index in [2.05, 4.69) is 31.3 Å². The molecule has 1 heterocycles. The van der Waals surface area contributed by atoms with Gasteiger partial charge in [-0.25, -0.2) is 0 Å². The molecule has 0 radical (unpaired) electrons. The van der Waals surface area contributed by atoms with Crippen molar-refractivity contribution in [3.8, 4) is 5.75 Å². The molecule has 0 aliphatic carbocycles. The molecule has 3 heteroatoms. The van der Waals surface area contributed by atoms with Crippen LogP contribution in [0.4, 0.5) is 0 Å². The van der Waals surface area contributed by atoms with Crippen LogP contribution in [0.2, 0.25) is 0 Å². The number of nitrogens with one attached hydrogen (secondary N) is 1. The van der Waals surface area contributed by atoms with Crippen LogP contribution < -0.4 is 10.1 Å². The molecule has 0 spiro atoms. The second-order valence-corrected chi connectivity index (χ2v) is 4.49. The molecule has 1 N–H and O–H groups in total. The van der Waals surface area contributed by atoms with E-state index in [1.54, 1.807) is 6.26 Å². The average molecular weight is 259 g/mol. The first-order chi connectivity index (χ1) is 9.31. The first kappa shape index (κ1) is 13.7. The van der Waals surface area contributed by atoms with Gasteiger partial charge in [0, 0.05) is 12.1 Å². The van der Waals surface area contributed by atoms with Gasteiger partial charge < -0.3 is 14.5 Å². The predicted molar refractivity (Wildman–Crippen MR) is 76.2 cm³/mol. The van der Waals surface area contributed by atoms with E-state index < -0.39 is 0 Å². The standard InChI is InChI=1S/C16H21NO2/c1-3-13-6-5-7-15(8-13)19-12-16-9-14(11-18-16)10-17-4-2/h5-9,11,17H,3-4,10,12H2,1-2H3. The van der Waals surface area contributed by atoms with Gasteiger partial charge in [-0.1, -0.05) is 26.0 Å². The minimum Gasteiger partial charge on any atom is -0.486 e. The van der Waals surface area contributed by atoms with Gasteiger partial charge in [0.1, 0.15) is 18.1 Å². The Kier molecular flexibility index (Phi) is 5.04. The third kappa shape index (κ3) is 4.14. The Hall–Kier alpha value is -1.74. The number of aryl methyl sites for hydroxylation is 1. The van der Waals surface area contributed by atoms with Crippen molar-refractivity contribution in [2.24, 2.45) is 0 Å². The summed E-state index contributed by atoms with van der Waals surface area (Å²) in [6.07, 6.45) is 2.80. The van der Waals surface area contributed by atoms with Crippen molar-refractivity contribution >= 4 is 0 Å². The van der Waals surface area contributed by atoms with Gasteiger partial charge >= 0.3 is 0 Å². The number of benzene rings is 1. The molecule has 0 unspecified atom stereocenters. The predicted octanol–water partition coefficient (Wildman–Crippen LogP) is 3.53. The summed E-state index contributed by atoms with van der Waals surface area (Å²) in [4.78, 5) is 0. The van der Waals surface area contributed by atoms with E-state index in [9.17, 15) is 0 Å². The Labute approximate surface area is 114 Å². The molecule has 1 aromatic heterocycles. The fraction of sp³-hybridized carbons (Fsp3) is 0.375. The van der Waals surface area contributed by atoms with E-state index in [0.29, 0.717) is 6.61 Å². The zero-order valence-corrected chi connectivity index (χ0v) is 11.6. The lowest BCUT2D eigenvalue weighted by Gasteiger charge is -2.05. The van der Waals surface area contributed by atoms with Gasteiger partial charge in [-0.3, -0.25) is 0 Å². The van der Waals surface area contributed by atoms with Gasteiger partial charge in [0.05, 0.1) is 6.26 Å². The number of furan rings is 1. The fourth-order valence-corrected chi connectivity index (χ4v) is 1.87. The lowest BCUT2D eigenvalue weighted by molar-refractivity contribution is 0.270. The van der Waals surface area contributed by atoms with Crippen molar-refractivity contribution in [1.29, 1.82) is 0 Å². The zero-order valence-electron chi connectivity index (χ0n) is 11.6. The zero-order chi connectivity index (χ0) is 13.5. The maximum Gasteiger partial charge on any atom is 0.146 e. The van der Waals surface area contributed by atoms with Gasteiger partial charge in [-0.05, 0) is 36.7 Å². The first-order valence-corrected chi connectivity index (χ1v) is 6.80. The summed E-state index contributed by atoms with van der Waals surface area (Å²) in [6, 6.07) is 10.2. The second-order valence-electron chi connectivity index (χ2n) is 4.49. The van der Waals surface area contributed by atoms with Crippen molar-refractivity contribution in [2.75, 3.05) is 6.54 Å². The van der Waals surface area contributed by atoms with Crippen LogP contribution in [0.1, 0.15) is 30.7 Å². The molecule has 2 aromatic rings. The number of rotatable bonds is 7. The van der Waals surface area contributed by atoms with Crippen molar-refractivity contribution < 1.29 is 9.15 Å². The lowest BCUT2D eigenvalue weighted by atomic mass is 10.2. The molecule has 0 atom stereocenters. The molecule has 19 heavy (non-hydrogen) atoms. The molecule has 0 aliphatic heterocycles. The van der Waals surface area contributed by atoms with Crippen molar-refractivity contribution in [2.45, 2.75) is 33.4 Å². The van der Waals surface area contributed by atoms with Crippen LogP contribution in [0.5, 0.6) is 5.75 Å². The second kappa shape index (κ2) is 7.00. The summed E-state index contributed by atoms with van der Waals surface area (Å²) in [6.45, 7) is 6.49. The maximum atomic E-state index is 5.74. The monoisotopic (exact) mass is 259 g/mol. The highest BCUT2D eigenvalue weighted by atomic mass is 16.5. The Morgan fingerprint density at radius 3 is 2.84 bits per heavy atom. The van der Waals surface area contributed by atoms with Crippen LogP contribution in [-0.2, 0) is 19.6 Å². The summed E-state index contributed by atoms with van der Waals surface area (Å²) < 4.78 is 11.2. The molecule has 102 valence electrons. The quantitative estimate of drug-likeness (QED) is 0.826. The van der Waals surface area contributed by atoms with Gasteiger partial charge in [-0.2, -0.15) is 0 Å². The minimum atomic E-state index is 0.472. The van der Waals surface area contributed by atoms with E-state index in [0.717, 1.165) is 36.6 Å². The third-order valence-electron chi connectivity index (χ3n) is 2.97.